The Morgan fingerprint density at radius 3 is 1.06 bits per heavy atom. The van der Waals surface area contributed by atoms with Crippen molar-refractivity contribution in [2.75, 3.05) is 12.4 Å². The van der Waals surface area contributed by atoms with Gasteiger partial charge < -0.3 is 33.7 Å². The first-order chi connectivity index (χ1) is 59.3. The van der Waals surface area contributed by atoms with Crippen molar-refractivity contribution in [3.8, 4) is 51.7 Å². The van der Waals surface area contributed by atoms with Crippen LogP contribution < -0.4 is 33.7 Å². The Hall–Kier alpha value is -13.3. The first-order valence-electron chi connectivity index (χ1n) is 42.8. The molecule has 1 amide bonds. The molecule has 15 heteroatoms. The number of para-hydroxylation sites is 5. The lowest BCUT2D eigenvalue weighted by atomic mass is 9.86. The van der Waals surface area contributed by atoms with Crippen molar-refractivity contribution in [1.29, 1.82) is 5.26 Å². The first-order valence-corrected chi connectivity index (χ1v) is 42.8. The highest BCUT2D eigenvalue weighted by Gasteiger charge is 2.37. The third kappa shape index (κ3) is 24.7. The van der Waals surface area contributed by atoms with E-state index in [9.17, 15) is 9.18 Å². The number of benzene rings is 12. The minimum atomic E-state index is -0.264. The normalized spacial score (nSPS) is 15.6. The van der Waals surface area contributed by atoms with Gasteiger partial charge in [-0.05, 0) is 101 Å². The number of carbonyl (C=O) groups is 1. The van der Waals surface area contributed by atoms with Crippen LogP contribution in [0.5, 0.6) is 34.5 Å². The van der Waals surface area contributed by atoms with Crippen LogP contribution in [0.15, 0.2) is 291 Å². The molecular formula is C107H121FN7O7+5. The molecule has 0 aromatic heterocycles. The third-order valence-corrected chi connectivity index (χ3v) is 19.0. The number of amides is 1. The zero-order valence-corrected chi connectivity index (χ0v) is 74.0. The van der Waals surface area contributed by atoms with Gasteiger partial charge in [-0.3, -0.25) is 4.79 Å². The number of nitrogens with one attached hydrogen (secondary N) is 1. The molecule has 0 radical (unpaired) electrons. The molecule has 0 fully saturated rings. The van der Waals surface area contributed by atoms with Gasteiger partial charge in [-0.15, -0.1) is 0 Å². The van der Waals surface area contributed by atoms with Crippen LogP contribution in [0.1, 0.15) is 199 Å². The predicted molar refractivity (Wildman–Crippen MR) is 498 cm³/mol. The van der Waals surface area contributed by atoms with E-state index in [2.05, 4.69) is 221 Å². The van der Waals surface area contributed by atoms with Gasteiger partial charge in [0.05, 0.1) is 41.0 Å². The molecule has 5 atom stereocenters. The van der Waals surface area contributed by atoms with E-state index in [4.69, 9.17) is 33.7 Å². The predicted octanol–water partition coefficient (Wildman–Crippen LogP) is 26.2. The maximum atomic E-state index is 13.7. The molecule has 5 aliphatic heterocycles. The summed E-state index contributed by atoms with van der Waals surface area (Å²) in [5.41, 5.74) is 18.0. The topological polar surface area (TPSA) is 123 Å². The summed E-state index contributed by atoms with van der Waals surface area (Å²) in [6, 6.07) is 98.6. The molecule has 0 saturated carbocycles. The molecule has 1 N–H and O–H groups in total. The van der Waals surface area contributed by atoms with Crippen molar-refractivity contribution in [2.45, 2.75) is 180 Å². The molecule has 1 aliphatic carbocycles. The number of halogens is 1. The summed E-state index contributed by atoms with van der Waals surface area (Å²) in [5, 5.41) is 11.7. The molecule has 122 heavy (non-hydrogen) atoms. The number of hydrogen-bond donors (Lipinski definition) is 1. The van der Waals surface area contributed by atoms with E-state index in [0.717, 1.165) is 85.1 Å². The number of nitriles is 1. The van der Waals surface area contributed by atoms with Gasteiger partial charge in [0.25, 0.3) is 31.1 Å². The summed E-state index contributed by atoms with van der Waals surface area (Å²) in [6.45, 7) is 32.8. The summed E-state index contributed by atoms with van der Waals surface area (Å²) in [4.78, 5) is 11.2. The van der Waals surface area contributed by atoms with Gasteiger partial charge >= 0.3 is 0 Å². The number of methoxy groups -OCH3 is 1. The fourth-order valence-electron chi connectivity index (χ4n) is 13.9. The second kappa shape index (κ2) is 47.5. The van der Waals surface area contributed by atoms with Gasteiger partial charge in [-0.1, -0.05) is 259 Å². The smallest absolute Gasteiger partial charge is 0.299 e. The van der Waals surface area contributed by atoms with E-state index >= 15 is 0 Å². The Labute approximate surface area is 723 Å². The summed E-state index contributed by atoms with van der Waals surface area (Å²) < 4.78 is 59.3. The molecule has 6 aliphatic rings. The molecule has 18 rings (SSSR count). The molecular weight excluding hydrogens is 1510 g/mol. The van der Waals surface area contributed by atoms with E-state index < -0.39 is 0 Å². The minimum Gasteiger partial charge on any atom is -0.497 e. The van der Waals surface area contributed by atoms with Crippen LogP contribution in [-0.4, -0.2) is 98.1 Å². The summed E-state index contributed by atoms with van der Waals surface area (Å²) in [7, 11) is 1.67. The van der Waals surface area contributed by atoms with Crippen LogP contribution in [0.25, 0.3) is 11.1 Å². The highest BCUT2D eigenvalue weighted by atomic mass is 19.1. The molecule has 0 saturated heterocycles. The summed E-state index contributed by atoms with van der Waals surface area (Å²) in [6.07, 6.45) is 16.1. The Balaban J connectivity index is 0.000000168. The van der Waals surface area contributed by atoms with Crippen LogP contribution in [-0.2, 0) is 4.79 Å². The van der Waals surface area contributed by atoms with E-state index in [1.165, 1.54) is 72.9 Å². The van der Waals surface area contributed by atoms with E-state index in [-0.39, 0.29) is 48.8 Å². The number of carbonyl (C=O) groups excluding carboxylic acids is 1. The van der Waals surface area contributed by atoms with E-state index in [0.29, 0.717) is 16.9 Å². The SMILES string of the molecule is CC(=O)Nc1ccc2c(c1)C=[N+](c1ccccc1)C(C)O2.CC1Oc2ccc(C#N)cc2C=[N+]1c1ccccc1.CC1Oc2cccc(C3c4ccccc4-c4ccccc43)c2C=[N+]1c1ccccc1.CC1Oc2cccc(F)c2C=[N+]1c1ccccc1.CCC.CCC.CCC.CCC.CCC.COc1ccc2c(c1)C=[N+](c1ccccc1)C(C)O2. The largest absolute Gasteiger partial charge is 0.497 e. The van der Waals surface area contributed by atoms with Crippen LogP contribution in [0.3, 0.4) is 0 Å². The number of anilines is 1. The second-order valence-electron chi connectivity index (χ2n) is 29.7. The van der Waals surface area contributed by atoms with Crippen molar-refractivity contribution in [2.24, 2.45) is 0 Å². The first kappa shape index (κ1) is 92.6. The average molecular weight is 1640 g/mol. The van der Waals surface area contributed by atoms with E-state index in [1.807, 2.05) is 208 Å². The maximum absolute atomic E-state index is 13.7. The number of fused-ring (bicyclic) bond motifs is 8. The summed E-state index contributed by atoms with van der Waals surface area (Å²) >= 11 is 0. The van der Waals surface area contributed by atoms with Gasteiger partial charge in [0.2, 0.25) is 34.3 Å². The molecule has 0 spiro atoms. The third-order valence-electron chi connectivity index (χ3n) is 19.0. The lowest BCUT2D eigenvalue weighted by Gasteiger charge is -2.24. The van der Waals surface area contributed by atoms with E-state index in [1.54, 1.807) is 31.5 Å². The van der Waals surface area contributed by atoms with Gasteiger partial charge in [0.15, 0.2) is 31.1 Å². The van der Waals surface area contributed by atoms with Gasteiger partial charge in [0.1, 0.15) is 45.9 Å². The van der Waals surface area contributed by atoms with Crippen molar-refractivity contribution in [1.82, 2.24) is 0 Å². The standard InChI is InChI=1S/C28H22NO.C17H16N2O2.C16H13N2O.C16H16NO2.C15H13FNO.5C3H8/c1-19-29(20-10-3-2-4-11-20)18-26-25(16-9-17-27(26)30-19)28-23-14-7-5-12-21(23)22-13-6-8-15-24(22)28;1-12(20)18-15-8-9-17-14(10-15)11-19(13(2)21-17)16-6-4-3-5-7-16;1-12-18(15-5-3-2-4-6-15)11-14-9-13(10-17)7-8-16(14)19-12;1-12-17(14-6-4-3-5-7-14)11-13-10-15(18-2)8-9-16(13)19-12;1-11-17(12-6-3-2-4-7-12)10-13-14(16)8-5-9-15(13)18-11;5*1-3-2/h2-19,28H,1H3;3-11,13H,1-2H3;2-9,11-12H,1H3;3-12H,1-2H3;2-11H,1H3;5*3H2,1-2H3/q+1;;3*+1;;;;;/p+1. The van der Waals surface area contributed by atoms with Gasteiger partial charge in [-0.2, -0.15) is 28.1 Å². The molecule has 12 aromatic carbocycles. The van der Waals surface area contributed by atoms with Crippen molar-refractivity contribution < 1.29 is 60.5 Å². The molecule has 12 aromatic rings. The Kier molecular flexibility index (Phi) is 36.0. The molecule has 628 valence electrons. The van der Waals surface area contributed by atoms with Gasteiger partial charge in [0, 0.05) is 114 Å². The number of hydrogen-bond acceptors (Lipinski definition) is 8. The molecule has 0 bridgehead atoms. The Morgan fingerprint density at radius 2 is 0.672 bits per heavy atom. The minimum absolute atomic E-state index is 0.0247. The molecule has 5 heterocycles. The number of ether oxygens (including phenoxy) is 6. The zero-order valence-electron chi connectivity index (χ0n) is 74.0. The van der Waals surface area contributed by atoms with Crippen molar-refractivity contribution in [3.05, 3.63) is 347 Å². The fraction of sp³-hybridized carbons (Fsp3) is 0.262. The van der Waals surface area contributed by atoms with Gasteiger partial charge in [-0.25, -0.2) is 4.39 Å². The second-order valence-corrected chi connectivity index (χ2v) is 29.7. The molecule has 14 nitrogen and oxygen atoms in total. The monoisotopic (exact) mass is 1630 g/mol. The zero-order chi connectivity index (χ0) is 87.5. The Morgan fingerprint density at radius 1 is 0.361 bits per heavy atom. The van der Waals surface area contributed by atoms with Crippen molar-refractivity contribution in [3.63, 3.8) is 0 Å². The lowest BCUT2D eigenvalue weighted by Crippen LogP contribution is -2.31. The number of nitrogens with zero attached hydrogens (tertiary/aromatic N) is 6. The van der Waals surface area contributed by atoms with Crippen LogP contribution in [0.2, 0.25) is 0 Å². The Bertz CT molecular complexity index is 5500. The number of rotatable bonds is 8. The molecule has 5 unspecified atom stereocenters. The maximum Gasteiger partial charge on any atom is 0.299 e. The quantitative estimate of drug-likeness (QED) is 0.149. The highest BCUT2D eigenvalue weighted by Crippen LogP contribution is 2.50. The fourth-order valence-corrected chi connectivity index (χ4v) is 13.9. The summed E-state index contributed by atoms with van der Waals surface area (Å²) in [5.74, 6) is 4.77. The van der Waals surface area contributed by atoms with Crippen molar-refractivity contribution >= 4 is 71.1 Å². The van der Waals surface area contributed by atoms with Crippen LogP contribution >= 0.6 is 0 Å². The highest BCUT2D eigenvalue weighted by molar-refractivity contribution is 5.92. The van der Waals surface area contributed by atoms with Crippen LogP contribution in [0.4, 0.5) is 38.5 Å². The average Bonchev–Trinajstić information content (AvgIpc) is 1.59. The lowest BCUT2D eigenvalue weighted by molar-refractivity contribution is -0.522. The van der Waals surface area contributed by atoms with Crippen LogP contribution in [0, 0.1) is 17.1 Å².